The van der Waals surface area contributed by atoms with Crippen LogP contribution in [0.2, 0.25) is 0 Å². The quantitative estimate of drug-likeness (QED) is 0.415. The minimum atomic E-state index is -3.51. The Morgan fingerprint density at radius 3 is 2.07 bits per heavy atom. The molecular weight excluding hydrogens is 231 g/mol. The third-order valence-electron chi connectivity index (χ3n) is 2.18. The first-order valence-electron chi connectivity index (χ1n) is 5.70. The minimum Gasteiger partial charge on any atom is -0.193 e. The molecule has 0 atom stereocenters. The Bertz CT molecular complexity index is 139. The molecule has 5 heteroatoms. The fraction of sp³-hybridized carbons (Fsp3) is 1.00. The van der Waals surface area contributed by atoms with Crippen molar-refractivity contribution in [3.05, 3.63) is 0 Å². The second-order valence-electron chi connectivity index (χ2n) is 3.80. The molecule has 0 saturated heterocycles. The summed E-state index contributed by atoms with van der Waals surface area (Å²) >= 11 is 1.69. The first-order valence-corrected chi connectivity index (χ1v) is 8.69. The van der Waals surface area contributed by atoms with Crippen LogP contribution in [0.4, 0.5) is 0 Å². The maximum Gasteiger partial charge on any atom is 0.404 e. The van der Waals surface area contributed by atoms with Crippen molar-refractivity contribution in [2.24, 2.45) is 0 Å². The standard InChI is InChI=1S/C10H24O3PS/c1-2-3-4-5-6-7-9-15-10-8-14(11,12)13/h11-13H,2-10H2,1H3/q+1. The van der Waals surface area contributed by atoms with Crippen molar-refractivity contribution in [3.8, 4) is 0 Å². The van der Waals surface area contributed by atoms with Gasteiger partial charge in [-0.25, -0.2) is 0 Å². The monoisotopic (exact) mass is 255 g/mol. The Morgan fingerprint density at radius 1 is 0.867 bits per heavy atom. The van der Waals surface area contributed by atoms with Gasteiger partial charge in [-0.1, -0.05) is 39.0 Å². The minimum absolute atomic E-state index is 0.132. The molecule has 0 aromatic carbocycles. The fourth-order valence-corrected chi connectivity index (χ4v) is 3.38. The highest BCUT2D eigenvalue weighted by Crippen LogP contribution is 2.44. The van der Waals surface area contributed by atoms with E-state index in [-0.39, 0.29) is 6.16 Å². The zero-order chi connectivity index (χ0) is 11.6. The second-order valence-corrected chi connectivity index (χ2v) is 6.85. The van der Waals surface area contributed by atoms with E-state index in [1.807, 2.05) is 0 Å². The summed E-state index contributed by atoms with van der Waals surface area (Å²) in [5, 5.41) is 0. The smallest absolute Gasteiger partial charge is 0.193 e. The van der Waals surface area contributed by atoms with Crippen LogP contribution in [0.25, 0.3) is 0 Å². The average Bonchev–Trinajstić information content (AvgIpc) is 2.14. The maximum atomic E-state index is 8.73. The summed E-state index contributed by atoms with van der Waals surface area (Å²) in [5.41, 5.74) is 0. The molecule has 0 aliphatic rings. The first kappa shape index (κ1) is 15.7. The largest absolute Gasteiger partial charge is 0.404 e. The molecule has 3 nitrogen and oxygen atoms in total. The number of unbranched alkanes of at least 4 members (excludes halogenated alkanes) is 5. The van der Waals surface area contributed by atoms with Gasteiger partial charge in [-0.3, -0.25) is 0 Å². The van der Waals surface area contributed by atoms with Crippen LogP contribution in [-0.2, 0) is 0 Å². The molecule has 0 bridgehead atoms. The molecule has 0 aromatic rings. The molecule has 0 spiro atoms. The van der Waals surface area contributed by atoms with Gasteiger partial charge in [-0.05, 0) is 12.2 Å². The molecule has 0 aliphatic carbocycles. The number of thioether (sulfide) groups is 1. The van der Waals surface area contributed by atoms with Gasteiger partial charge in [0.25, 0.3) is 0 Å². The summed E-state index contributed by atoms with van der Waals surface area (Å²) in [6.07, 6.45) is 7.86. The number of hydrogen-bond acceptors (Lipinski definition) is 4. The van der Waals surface area contributed by atoms with E-state index in [1.54, 1.807) is 11.8 Å². The Labute approximate surface area is 97.9 Å². The summed E-state index contributed by atoms with van der Waals surface area (Å²) < 4.78 is 0. The highest BCUT2D eigenvalue weighted by Gasteiger charge is 2.28. The van der Waals surface area contributed by atoms with E-state index in [2.05, 4.69) is 6.92 Å². The van der Waals surface area contributed by atoms with Crippen molar-refractivity contribution in [2.45, 2.75) is 45.4 Å². The molecule has 0 unspecified atom stereocenters. The lowest BCUT2D eigenvalue weighted by molar-refractivity contribution is 0.333. The van der Waals surface area contributed by atoms with Crippen molar-refractivity contribution in [1.82, 2.24) is 0 Å². The lowest BCUT2D eigenvalue weighted by Gasteiger charge is -2.03. The van der Waals surface area contributed by atoms with E-state index < -0.39 is 7.94 Å². The molecule has 0 rings (SSSR count). The van der Waals surface area contributed by atoms with Crippen LogP contribution in [0, 0.1) is 0 Å². The molecule has 92 valence electrons. The van der Waals surface area contributed by atoms with E-state index >= 15 is 0 Å². The van der Waals surface area contributed by atoms with Crippen molar-refractivity contribution >= 4 is 19.7 Å². The maximum absolute atomic E-state index is 8.73. The van der Waals surface area contributed by atoms with Gasteiger partial charge in [-0.2, -0.15) is 26.4 Å². The van der Waals surface area contributed by atoms with Gasteiger partial charge in [0.15, 0.2) is 0 Å². The molecule has 15 heavy (non-hydrogen) atoms. The Hall–Kier alpha value is 0.660. The highest BCUT2D eigenvalue weighted by molar-refractivity contribution is 7.99. The fourth-order valence-electron chi connectivity index (χ4n) is 1.27. The van der Waals surface area contributed by atoms with Crippen molar-refractivity contribution in [3.63, 3.8) is 0 Å². The van der Waals surface area contributed by atoms with Gasteiger partial charge < -0.3 is 0 Å². The van der Waals surface area contributed by atoms with Gasteiger partial charge in [0.2, 0.25) is 0 Å². The molecule has 0 radical (unpaired) electrons. The van der Waals surface area contributed by atoms with Crippen LogP contribution < -0.4 is 0 Å². The molecule has 0 saturated carbocycles. The zero-order valence-electron chi connectivity index (χ0n) is 9.56. The molecule has 0 fully saturated rings. The van der Waals surface area contributed by atoms with Gasteiger partial charge in [0.1, 0.15) is 6.16 Å². The normalized spacial score (nSPS) is 12.0. The van der Waals surface area contributed by atoms with Crippen LogP contribution in [-0.4, -0.2) is 32.3 Å². The van der Waals surface area contributed by atoms with Crippen molar-refractivity contribution in [1.29, 1.82) is 0 Å². The van der Waals surface area contributed by atoms with Gasteiger partial charge >= 0.3 is 7.94 Å². The van der Waals surface area contributed by atoms with E-state index in [9.17, 15) is 0 Å². The third kappa shape index (κ3) is 14.7. The van der Waals surface area contributed by atoms with Crippen LogP contribution in [0.15, 0.2) is 0 Å². The Kier molecular flexibility index (Phi) is 10.3. The third-order valence-corrected chi connectivity index (χ3v) is 4.37. The van der Waals surface area contributed by atoms with Gasteiger partial charge in [-0.15, -0.1) is 0 Å². The van der Waals surface area contributed by atoms with Crippen LogP contribution in [0.5, 0.6) is 0 Å². The Morgan fingerprint density at radius 2 is 1.47 bits per heavy atom. The predicted molar refractivity (Wildman–Crippen MR) is 69.1 cm³/mol. The van der Waals surface area contributed by atoms with Gasteiger partial charge in [0.05, 0.1) is 0 Å². The lowest BCUT2D eigenvalue weighted by Crippen LogP contribution is -1.98. The van der Waals surface area contributed by atoms with E-state index in [1.165, 1.54) is 38.5 Å². The highest BCUT2D eigenvalue weighted by atomic mass is 32.2. The molecular formula is C10H24O3PS+. The zero-order valence-corrected chi connectivity index (χ0v) is 11.3. The van der Waals surface area contributed by atoms with Crippen LogP contribution in [0.3, 0.4) is 0 Å². The summed E-state index contributed by atoms with van der Waals surface area (Å²) in [7, 11) is -3.51. The lowest BCUT2D eigenvalue weighted by atomic mass is 10.1. The Balaban J connectivity index is 2.99. The van der Waals surface area contributed by atoms with E-state index in [0.29, 0.717) is 5.75 Å². The molecule has 3 N–H and O–H groups in total. The topological polar surface area (TPSA) is 60.7 Å². The summed E-state index contributed by atoms with van der Waals surface area (Å²) in [6, 6.07) is 0. The SMILES string of the molecule is CCCCCCCCSCC[P+](O)(O)O. The number of rotatable bonds is 10. The van der Waals surface area contributed by atoms with Gasteiger partial charge in [0, 0.05) is 5.75 Å². The molecule has 0 amide bonds. The van der Waals surface area contributed by atoms with Crippen molar-refractivity contribution < 1.29 is 14.7 Å². The summed E-state index contributed by atoms with van der Waals surface area (Å²) in [6.45, 7) is 2.21. The number of hydrogen-bond donors (Lipinski definition) is 3. The van der Waals surface area contributed by atoms with E-state index in [0.717, 1.165) is 5.75 Å². The second kappa shape index (κ2) is 9.86. The van der Waals surface area contributed by atoms with Crippen molar-refractivity contribution in [2.75, 3.05) is 17.7 Å². The van der Waals surface area contributed by atoms with Crippen LogP contribution in [0.1, 0.15) is 45.4 Å². The molecule has 0 aromatic heterocycles. The molecule has 0 heterocycles. The average molecular weight is 255 g/mol. The summed E-state index contributed by atoms with van der Waals surface area (Å²) in [4.78, 5) is 26.2. The van der Waals surface area contributed by atoms with E-state index in [4.69, 9.17) is 14.7 Å². The summed E-state index contributed by atoms with van der Waals surface area (Å²) in [5.74, 6) is 1.71. The predicted octanol–water partition coefficient (Wildman–Crippen LogP) is 2.82. The molecule has 0 aliphatic heterocycles. The van der Waals surface area contributed by atoms with Crippen LogP contribution >= 0.6 is 19.7 Å². The first-order chi connectivity index (χ1) is 7.06.